The van der Waals surface area contributed by atoms with Gasteiger partial charge in [0, 0.05) is 19.7 Å². The Bertz CT molecular complexity index is 655. The highest BCUT2D eigenvalue weighted by Crippen LogP contribution is 2.29. The van der Waals surface area contributed by atoms with Gasteiger partial charge >= 0.3 is 0 Å². The number of fused-ring (bicyclic) bond motifs is 1. The normalized spacial score (nSPS) is 19.7. The molecule has 0 spiro atoms. The van der Waals surface area contributed by atoms with Crippen molar-refractivity contribution in [3.8, 4) is 5.75 Å². The largest absolute Gasteiger partial charge is 0.493 e. The van der Waals surface area contributed by atoms with Gasteiger partial charge in [-0.1, -0.05) is 0 Å². The summed E-state index contributed by atoms with van der Waals surface area (Å²) < 4.78 is 38.6. The van der Waals surface area contributed by atoms with E-state index in [2.05, 4.69) is 0 Å². The second-order valence-corrected chi connectivity index (χ2v) is 8.28. The van der Waals surface area contributed by atoms with Crippen LogP contribution in [-0.2, 0) is 21.2 Å². The number of nitrogens with zero attached hydrogens (tertiary/aromatic N) is 1. The highest BCUT2D eigenvalue weighted by molar-refractivity contribution is 7.89. The van der Waals surface area contributed by atoms with E-state index in [9.17, 15) is 8.42 Å². The number of hydrogen-bond acceptors (Lipinski definition) is 5. The molecule has 7 heteroatoms. The van der Waals surface area contributed by atoms with Crippen LogP contribution in [0.25, 0.3) is 0 Å². The molecule has 0 radical (unpaired) electrons. The summed E-state index contributed by atoms with van der Waals surface area (Å²) in [6.07, 6.45) is 4.25. The molecule has 24 heavy (non-hydrogen) atoms. The summed E-state index contributed by atoms with van der Waals surface area (Å²) in [6, 6.07) is 5.21. The van der Waals surface area contributed by atoms with E-state index < -0.39 is 10.0 Å². The monoisotopic (exact) mass is 354 g/mol. The first-order chi connectivity index (χ1) is 11.6. The predicted molar refractivity (Wildman–Crippen MR) is 91.7 cm³/mol. The van der Waals surface area contributed by atoms with Gasteiger partial charge in [0.2, 0.25) is 10.0 Å². The highest BCUT2D eigenvalue weighted by atomic mass is 32.2. The molecule has 1 aromatic carbocycles. The third-order valence-electron chi connectivity index (χ3n) is 4.62. The molecule has 0 saturated carbocycles. The lowest BCUT2D eigenvalue weighted by Gasteiger charge is -2.31. The number of ether oxygens (including phenoxy) is 2. The lowest BCUT2D eigenvalue weighted by Crippen LogP contribution is -2.41. The van der Waals surface area contributed by atoms with Crippen LogP contribution in [-0.4, -0.2) is 51.7 Å². The number of hydrogen-bond donors (Lipinski definition) is 1. The maximum atomic E-state index is 12.9. The van der Waals surface area contributed by atoms with Crippen LogP contribution >= 0.6 is 0 Å². The van der Waals surface area contributed by atoms with Crippen molar-refractivity contribution in [1.82, 2.24) is 4.31 Å². The molecule has 1 fully saturated rings. The van der Waals surface area contributed by atoms with Gasteiger partial charge in [0.25, 0.3) is 0 Å². The molecule has 0 unspecified atom stereocenters. The van der Waals surface area contributed by atoms with Crippen LogP contribution in [0.15, 0.2) is 23.1 Å². The minimum atomic E-state index is -3.44. The second-order valence-electron chi connectivity index (χ2n) is 6.34. The van der Waals surface area contributed by atoms with Crippen molar-refractivity contribution in [2.75, 3.05) is 32.8 Å². The molecule has 134 valence electrons. The molecule has 0 atom stereocenters. The lowest BCUT2D eigenvalue weighted by atomic mass is 10.1. The average Bonchev–Trinajstić information content (AvgIpc) is 2.62. The quantitative estimate of drug-likeness (QED) is 0.784. The maximum absolute atomic E-state index is 12.9. The first kappa shape index (κ1) is 17.7. The fraction of sp³-hybridized carbons (Fsp3) is 0.647. The molecular formula is C17H26N2O4S. The first-order valence-electron chi connectivity index (χ1n) is 8.69. The topological polar surface area (TPSA) is 81.9 Å². The van der Waals surface area contributed by atoms with E-state index in [1.165, 1.54) is 0 Å². The van der Waals surface area contributed by atoms with E-state index >= 15 is 0 Å². The Morgan fingerprint density at radius 3 is 2.83 bits per heavy atom. The third kappa shape index (κ3) is 3.91. The Labute approximate surface area is 144 Å². The zero-order valence-corrected chi connectivity index (χ0v) is 14.8. The summed E-state index contributed by atoms with van der Waals surface area (Å²) in [4.78, 5) is 0.370. The molecule has 6 nitrogen and oxygen atoms in total. The molecule has 2 aliphatic heterocycles. The van der Waals surface area contributed by atoms with Crippen molar-refractivity contribution in [3.05, 3.63) is 23.8 Å². The predicted octanol–water partition coefficient (Wildman–Crippen LogP) is 1.53. The Hall–Kier alpha value is -1.15. The Morgan fingerprint density at radius 2 is 2.08 bits per heavy atom. The van der Waals surface area contributed by atoms with E-state index in [1.807, 2.05) is 0 Å². The van der Waals surface area contributed by atoms with Crippen LogP contribution < -0.4 is 10.5 Å². The van der Waals surface area contributed by atoms with Crippen molar-refractivity contribution in [2.45, 2.75) is 43.1 Å². The summed E-state index contributed by atoms with van der Waals surface area (Å²) in [5.74, 6) is 0.812. The van der Waals surface area contributed by atoms with Crippen molar-refractivity contribution in [3.63, 3.8) is 0 Å². The van der Waals surface area contributed by atoms with E-state index in [0.29, 0.717) is 37.7 Å². The first-order valence-corrected chi connectivity index (χ1v) is 10.1. The van der Waals surface area contributed by atoms with Crippen molar-refractivity contribution >= 4 is 10.0 Å². The summed E-state index contributed by atoms with van der Waals surface area (Å²) >= 11 is 0. The van der Waals surface area contributed by atoms with Gasteiger partial charge in [-0.15, -0.1) is 0 Å². The fourth-order valence-corrected chi connectivity index (χ4v) is 4.74. The van der Waals surface area contributed by atoms with Gasteiger partial charge < -0.3 is 15.2 Å². The second kappa shape index (κ2) is 7.82. The molecule has 0 amide bonds. The number of rotatable bonds is 6. The van der Waals surface area contributed by atoms with E-state index in [-0.39, 0.29) is 6.10 Å². The summed E-state index contributed by atoms with van der Waals surface area (Å²) in [7, 11) is -3.44. The zero-order chi connectivity index (χ0) is 17.0. The minimum absolute atomic E-state index is 0.139. The smallest absolute Gasteiger partial charge is 0.243 e. The number of piperidine rings is 1. The molecule has 2 aliphatic rings. The van der Waals surface area contributed by atoms with Gasteiger partial charge in [-0.2, -0.15) is 4.31 Å². The van der Waals surface area contributed by atoms with E-state index in [1.54, 1.807) is 22.5 Å². The summed E-state index contributed by atoms with van der Waals surface area (Å²) in [5.41, 5.74) is 6.45. The molecule has 0 bridgehead atoms. The number of nitrogens with two attached hydrogens (primary N) is 1. The van der Waals surface area contributed by atoms with Crippen molar-refractivity contribution < 1.29 is 17.9 Å². The van der Waals surface area contributed by atoms with Gasteiger partial charge in [-0.3, -0.25) is 0 Å². The number of aryl methyl sites for hydroxylation is 1. The molecule has 0 aromatic heterocycles. The molecule has 3 rings (SSSR count). The van der Waals surface area contributed by atoms with Gasteiger partial charge in [0.15, 0.2) is 0 Å². The molecule has 0 aliphatic carbocycles. The van der Waals surface area contributed by atoms with Crippen LogP contribution in [0.2, 0.25) is 0 Å². The van der Waals surface area contributed by atoms with Crippen LogP contribution in [0.3, 0.4) is 0 Å². The van der Waals surface area contributed by atoms with Crippen molar-refractivity contribution in [2.24, 2.45) is 5.73 Å². The fourth-order valence-electron chi connectivity index (χ4n) is 3.22. The highest BCUT2D eigenvalue weighted by Gasteiger charge is 2.30. The Kier molecular flexibility index (Phi) is 5.76. The van der Waals surface area contributed by atoms with Crippen LogP contribution in [0.4, 0.5) is 0 Å². The van der Waals surface area contributed by atoms with Gasteiger partial charge in [0.1, 0.15) is 5.75 Å². The summed E-state index contributed by atoms with van der Waals surface area (Å²) in [5, 5.41) is 0. The van der Waals surface area contributed by atoms with Gasteiger partial charge in [0.05, 0.1) is 17.6 Å². The molecular weight excluding hydrogens is 328 g/mol. The third-order valence-corrected chi connectivity index (χ3v) is 6.52. The van der Waals surface area contributed by atoms with Crippen LogP contribution in [0, 0.1) is 0 Å². The van der Waals surface area contributed by atoms with Gasteiger partial charge in [-0.05, 0) is 62.4 Å². The number of sulfonamides is 1. The number of benzene rings is 1. The van der Waals surface area contributed by atoms with E-state index in [0.717, 1.165) is 43.4 Å². The zero-order valence-electron chi connectivity index (χ0n) is 13.9. The molecule has 2 N–H and O–H groups in total. The molecule has 1 aromatic rings. The van der Waals surface area contributed by atoms with Crippen LogP contribution in [0.5, 0.6) is 5.75 Å². The van der Waals surface area contributed by atoms with Gasteiger partial charge in [-0.25, -0.2) is 8.42 Å². The van der Waals surface area contributed by atoms with Crippen LogP contribution in [0.1, 0.15) is 31.2 Å². The minimum Gasteiger partial charge on any atom is -0.493 e. The van der Waals surface area contributed by atoms with E-state index in [4.69, 9.17) is 15.2 Å². The molecule has 2 heterocycles. The Morgan fingerprint density at radius 1 is 1.29 bits per heavy atom. The average molecular weight is 354 g/mol. The Balaban J connectivity index is 1.64. The standard InChI is InChI=1S/C17H26N2O4S/c18-8-2-12-22-15-6-9-19(10-7-15)24(20,21)16-4-5-17-14(13-16)3-1-11-23-17/h4-5,13,15H,1-3,6-12,18H2. The SMILES string of the molecule is NCCCOC1CCN(S(=O)(=O)c2ccc3c(c2)CCCO3)CC1. The van der Waals surface area contributed by atoms with Crippen molar-refractivity contribution in [1.29, 1.82) is 0 Å². The summed E-state index contributed by atoms with van der Waals surface area (Å²) in [6.45, 7) is 2.98. The lowest BCUT2D eigenvalue weighted by molar-refractivity contribution is 0.0209. The molecule has 1 saturated heterocycles. The maximum Gasteiger partial charge on any atom is 0.243 e.